The molecule has 0 N–H and O–H groups in total. The Hall–Kier alpha value is -1.54. The molecule has 0 radical (unpaired) electrons. The molecule has 0 saturated carbocycles. The number of carbonyl (C=O) groups is 1. The predicted molar refractivity (Wildman–Crippen MR) is 96.3 cm³/mol. The first-order chi connectivity index (χ1) is 10.6. The van der Waals surface area contributed by atoms with E-state index in [2.05, 4.69) is 38.6 Å². The van der Waals surface area contributed by atoms with Crippen LogP contribution >= 0.6 is 33.9 Å². The summed E-state index contributed by atoms with van der Waals surface area (Å²) in [4.78, 5) is 21.4. The standard InChI is InChI=1S/C16H13IN2O2S/c1-3-21-16(20)14-9(2)19-15(22-14)11-7-10-5-4-6-18-13(10)12(17)8-11/h4-8H,3H2,1-2H3. The van der Waals surface area contributed by atoms with Gasteiger partial charge in [0.05, 0.1) is 17.8 Å². The van der Waals surface area contributed by atoms with Gasteiger partial charge in [0.15, 0.2) is 0 Å². The van der Waals surface area contributed by atoms with Crippen LogP contribution in [0.1, 0.15) is 22.3 Å². The maximum atomic E-state index is 11.9. The normalized spacial score (nSPS) is 10.9. The van der Waals surface area contributed by atoms with Gasteiger partial charge in [-0.2, -0.15) is 0 Å². The number of fused-ring (bicyclic) bond motifs is 1. The fourth-order valence-electron chi connectivity index (χ4n) is 2.18. The molecule has 0 fully saturated rings. The number of thiazole rings is 1. The molecule has 3 rings (SSSR count). The molecular weight excluding hydrogens is 411 g/mol. The first kappa shape index (κ1) is 15.4. The van der Waals surface area contributed by atoms with E-state index in [0.29, 0.717) is 17.2 Å². The van der Waals surface area contributed by atoms with Gasteiger partial charge in [0.2, 0.25) is 0 Å². The molecule has 3 aromatic rings. The number of halogens is 1. The number of benzene rings is 1. The summed E-state index contributed by atoms with van der Waals surface area (Å²) in [6, 6.07) is 8.04. The Morgan fingerprint density at radius 1 is 1.41 bits per heavy atom. The lowest BCUT2D eigenvalue weighted by molar-refractivity contribution is 0.0531. The van der Waals surface area contributed by atoms with Gasteiger partial charge in [-0.15, -0.1) is 11.3 Å². The molecule has 0 bridgehead atoms. The van der Waals surface area contributed by atoms with Crippen LogP contribution in [0.5, 0.6) is 0 Å². The zero-order valence-corrected chi connectivity index (χ0v) is 15.1. The average molecular weight is 424 g/mol. The zero-order valence-electron chi connectivity index (χ0n) is 12.1. The van der Waals surface area contributed by atoms with Gasteiger partial charge in [0, 0.05) is 20.7 Å². The van der Waals surface area contributed by atoms with Crippen molar-refractivity contribution in [2.24, 2.45) is 0 Å². The summed E-state index contributed by atoms with van der Waals surface area (Å²) >= 11 is 3.64. The molecule has 0 aliphatic heterocycles. The van der Waals surface area contributed by atoms with Crippen LogP contribution in [0.3, 0.4) is 0 Å². The molecule has 6 heteroatoms. The summed E-state index contributed by atoms with van der Waals surface area (Å²) in [5.41, 5.74) is 2.68. The summed E-state index contributed by atoms with van der Waals surface area (Å²) < 4.78 is 6.14. The van der Waals surface area contributed by atoms with Gasteiger partial charge < -0.3 is 4.74 Å². The van der Waals surface area contributed by atoms with Crippen molar-refractivity contribution >= 4 is 50.8 Å². The quantitative estimate of drug-likeness (QED) is 0.461. The summed E-state index contributed by atoms with van der Waals surface area (Å²) in [6.45, 7) is 4.00. The lowest BCUT2D eigenvalue weighted by Gasteiger charge is -2.03. The van der Waals surface area contributed by atoms with Crippen molar-refractivity contribution in [1.82, 2.24) is 9.97 Å². The van der Waals surface area contributed by atoms with Crippen molar-refractivity contribution in [3.63, 3.8) is 0 Å². The van der Waals surface area contributed by atoms with E-state index in [9.17, 15) is 4.79 Å². The van der Waals surface area contributed by atoms with Crippen LogP contribution in [0.2, 0.25) is 0 Å². The van der Waals surface area contributed by atoms with Crippen molar-refractivity contribution in [1.29, 1.82) is 0 Å². The predicted octanol–water partition coefficient (Wildman–Crippen LogP) is 4.45. The molecule has 0 atom stereocenters. The molecule has 0 aliphatic carbocycles. The highest BCUT2D eigenvalue weighted by Crippen LogP contribution is 2.32. The summed E-state index contributed by atoms with van der Waals surface area (Å²) in [5, 5.41) is 1.89. The first-order valence-corrected chi connectivity index (χ1v) is 8.69. The number of aromatic nitrogens is 2. The minimum Gasteiger partial charge on any atom is -0.462 e. The molecule has 1 aromatic carbocycles. The van der Waals surface area contributed by atoms with Crippen LogP contribution in [0, 0.1) is 10.5 Å². The molecule has 0 spiro atoms. The smallest absolute Gasteiger partial charge is 0.350 e. The average Bonchev–Trinajstić information content (AvgIpc) is 2.89. The molecule has 4 nitrogen and oxygen atoms in total. The summed E-state index contributed by atoms with van der Waals surface area (Å²) in [6.07, 6.45) is 1.79. The van der Waals surface area contributed by atoms with Gasteiger partial charge in [0.25, 0.3) is 0 Å². The third-order valence-electron chi connectivity index (χ3n) is 3.16. The van der Waals surface area contributed by atoms with E-state index in [1.807, 2.05) is 25.1 Å². The number of carbonyl (C=O) groups excluding carboxylic acids is 1. The Morgan fingerprint density at radius 2 is 2.23 bits per heavy atom. The third-order valence-corrected chi connectivity index (χ3v) is 5.17. The number of hydrogen-bond donors (Lipinski definition) is 0. The van der Waals surface area contributed by atoms with Crippen molar-refractivity contribution < 1.29 is 9.53 Å². The minimum atomic E-state index is -0.305. The van der Waals surface area contributed by atoms with Gasteiger partial charge >= 0.3 is 5.97 Å². The molecule has 0 saturated heterocycles. The number of pyridine rings is 1. The highest BCUT2D eigenvalue weighted by molar-refractivity contribution is 14.1. The molecule has 2 heterocycles. The van der Waals surface area contributed by atoms with Crippen LogP contribution in [-0.4, -0.2) is 22.5 Å². The van der Waals surface area contributed by atoms with Gasteiger partial charge in [-0.3, -0.25) is 4.98 Å². The maximum Gasteiger partial charge on any atom is 0.350 e. The largest absolute Gasteiger partial charge is 0.462 e. The van der Waals surface area contributed by atoms with E-state index in [1.54, 1.807) is 13.1 Å². The Labute approximate surface area is 145 Å². The van der Waals surface area contributed by atoms with Gasteiger partial charge in [-0.1, -0.05) is 6.07 Å². The highest BCUT2D eigenvalue weighted by atomic mass is 127. The molecule has 0 aliphatic rings. The maximum absolute atomic E-state index is 11.9. The van der Waals surface area contributed by atoms with E-state index >= 15 is 0 Å². The van der Waals surface area contributed by atoms with E-state index < -0.39 is 0 Å². The second-order valence-electron chi connectivity index (χ2n) is 4.69. The fraction of sp³-hybridized carbons (Fsp3) is 0.188. The SMILES string of the molecule is CCOC(=O)c1sc(-c2cc(I)c3ncccc3c2)nc1C. The number of esters is 1. The Kier molecular flexibility index (Phi) is 4.39. The number of rotatable bonds is 3. The van der Waals surface area contributed by atoms with Crippen LogP contribution in [-0.2, 0) is 4.74 Å². The number of ether oxygens (including phenoxy) is 1. The summed E-state index contributed by atoms with van der Waals surface area (Å²) in [5.74, 6) is -0.305. The van der Waals surface area contributed by atoms with Crippen LogP contribution in [0.4, 0.5) is 0 Å². The monoisotopic (exact) mass is 424 g/mol. The Morgan fingerprint density at radius 3 is 3.00 bits per heavy atom. The number of nitrogens with zero attached hydrogens (tertiary/aromatic N) is 2. The third kappa shape index (κ3) is 2.85. The van der Waals surface area contributed by atoms with Gasteiger partial charge in [0.1, 0.15) is 9.88 Å². The van der Waals surface area contributed by atoms with E-state index in [1.165, 1.54) is 11.3 Å². The van der Waals surface area contributed by atoms with Crippen molar-refractivity contribution in [2.75, 3.05) is 6.61 Å². The van der Waals surface area contributed by atoms with Crippen molar-refractivity contribution in [2.45, 2.75) is 13.8 Å². The molecule has 2 aromatic heterocycles. The summed E-state index contributed by atoms with van der Waals surface area (Å²) in [7, 11) is 0. The Balaban J connectivity index is 2.08. The molecule has 22 heavy (non-hydrogen) atoms. The van der Waals surface area contributed by atoms with E-state index in [-0.39, 0.29) is 5.97 Å². The molecule has 0 unspecified atom stereocenters. The lowest BCUT2D eigenvalue weighted by Crippen LogP contribution is -2.03. The second-order valence-corrected chi connectivity index (χ2v) is 6.85. The molecule has 0 amide bonds. The Bertz CT molecular complexity index is 860. The minimum absolute atomic E-state index is 0.305. The van der Waals surface area contributed by atoms with Crippen LogP contribution < -0.4 is 0 Å². The molecular formula is C16H13IN2O2S. The number of hydrogen-bond acceptors (Lipinski definition) is 5. The van der Waals surface area contributed by atoms with E-state index in [0.717, 1.165) is 25.0 Å². The van der Waals surface area contributed by atoms with E-state index in [4.69, 9.17) is 4.74 Å². The fourth-order valence-corrected chi connectivity index (χ4v) is 3.91. The van der Waals surface area contributed by atoms with Crippen LogP contribution in [0.25, 0.3) is 21.5 Å². The van der Waals surface area contributed by atoms with Crippen molar-refractivity contribution in [3.05, 3.63) is 44.6 Å². The highest BCUT2D eigenvalue weighted by Gasteiger charge is 2.17. The van der Waals surface area contributed by atoms with Crippen molar-refractivity contribution in [3.8, 4) is 10.6 Å². The first-order valence-electron chi connectivity index (χ1n) is 6.79. The second kappa shape index (κ2) is 6.29. The molecule has 112 valence electrons. The lowest BCUT2D eigenvalue weighted by atomic mass is 10.1. The topological polar surface area (TPSA) is 52.1 Å². The van der Waals surface area contributed by atoms with Gasteiger partial charge in [-0.05, 0) is 54.6 Å². The zero-order chi connectivity index (χ0) is 15.7. The van der Waals surface area contributed by atoms with Crippen LogP contribution in [0.15, 0.2) is 30.5 Å². The number of aryl methyl sites for hydroxylation is 1. The van der Waals surface area contributed by atoms with Gasteiger partial charge in [-0.25, -0.2) is 9.78 Å².